The van der Waals surface area contributed by atoms with Crippen molar-refractivity contribution in [3.63, 3.8) is 0 Å². The van der Waals surface area contributed by atoms with Gasteiger partial charge < -0.3 is 15.5 Å². The third-order valence-corrected chi connectivity index (χ3v) is 4.27. The van der Waals surface area contributed by atoms with E-state index in [2.05, 4.69) is 4.98 Å². The molecule has 0 spiro atoms. The van der Waals surface area contributed by atoms with Crippen LogP contribution < -0.4 is 10.6 Å². The fourth-order valence-electron chi connectivity index (χ4n) is 2.69. The normalized spacial score (nSPS) is 17.9. The van der Waals surface area contributed by atoms with Gasteiger partial charge in [0.2, 0.25) is 5.91 Å². The van der Waals surface area contributed by atoms with Gasteiger partial charge in [-0.25, -0.2) is 4.98 Å². The van der Waals surface area contributed by atoms with E-state index in [9.17, 15) is 9.59 Å². The number of hydrogen-bond donors (Lipinski definition) is 1. The van der Waals surface area contributed by atoms with Crippen LogP contribution in [-0.2, 0) is 4.79 Å². The fourth-order valence-corrected chi connectivity index (χ4v) is 2.82. The first-order chi connectivity index (χ1) is 11.5. The lowest BCUT2D eigenvalue weighted by Crippen LogP contribution is -2.57. The second-order valence-electron chi connectivity index (χ2n) is 5.73. The molecule has 2 heterocycles. The van der Waals surface area contributed by atoms with Gasteiger partial charge in [0.25, 0.3) is 5.91 Å². The van der Waals surface area contributed by atoms with Crippen molar-refractivity contribution in [2.75, 3.05) is 23.7 Å². The molecule has 2 N–H and O–H groups in total. The number of anilines is 2. The second-order valence-corrected chi connectivity index (χ2v) is 6.17. The van der Waals surface area contributed by atoms with Gasteiger partial charge >= 0.3 is 0 Å². The number of carbonyl (C=O) groups is 2. The van der Waals surface area contributed by atoms with Crippen molar-refractivity contribution >= 4 is 34.9 Å². The lowest BCUT2D eigenvalue weighted by molar-refractivity contribution is -0.121. The van der Waals surface area contributed by atoms with Crippen LogP contribution in [-0.4, -0.2) is 40.8 Å². The molecule has 7 heteroatoms. The third kappa shape index (κ3) is 3.19. The zero-order chi connectivity index (χ0) is 17.3. The zero-order valence-corrected chi connectivity index (χ0v) is 13.9. The lowest BCUT2D eigenvalue weighted by atomic mass is 10.1. The smallest absolute Gasteiger partial charge is 0.256 e. The largest absolute Gasteiger partial charge is 0.384 e. The van der Waals surface area contributed by atoms with Crippen molar-refractivity contribution in [3.8, 4) is 0 Å². The molecule has 0 bridgehead atoms. The van der Waals surface area contributed by atoms with Crippen LogP contribution in [0, 0.1) is 0 Å². The van der Waals surface area contributed by atoms with Crippen LogP contribution >= 0.6 is 11.6 Å². The number of amides is 2. The Kier molecular flexibility index (Phi) is 4.40. The maximum Gasteiger partial charge on any atom is 0.256 e. The Morgan fingerprint density at radius 3 is 2.58 bits per heavy atom. The highest BCUT2D eigenvalue weighted by atomic mass is 35.5. The maximum absolute atomic E-state index is 12.6. The molecule has 6 nitrogen and oxygen atoms in total. The predicted molar refractivity (Wildman–Crippen MR) is 93.0 cm³/mol. The van der Waals surface area contributed by atoms with Gasteiger partial charge in [0.15, 0.2) is 0 Å². The van der Waals surface area contributed by atoms with Gasteiger partial charge in [0.05, 0.1) is 5.56 Å². The minimum Gasteiger partial charge on any atom is -0.384 e. The summed E-state index contributed by atoms with van der Waals surface area (Å²) in [7, 11) is 0. The summed E-state index contributed by atoms with van der Waals surface area (Å²) < 4.78 is 0. The molecule has 1 fully saturated rings. The Morgan fingerprint density at radius 1 is 1.25 bits per heavy atom. The molecule has 124 valence electrons. The van der Waals surface area contributed by atoms with Crippen molar-refractivity contribution in [2.24, 2.45) is 0 Å². The molecule has 1 aliphatic heterocycles. The van der Waals surface area contributed by atoms with Crippen LogP contribution in [0.5, 0.6) is 0 Å². The molecule has 1 aromatic heterocycles. The average molecular weight is 345 g/mol. The maximum atomic E-state index is 12.6. The number of nitrogen functional groups attached to an aromatic ring is 1. The minimum atomic E-state index is -0.223. The number of nitrogens with two attached hydrogens (primary N) is 1. The molecule has 24 heavy (non-hydrogen) atoms. The summed E-state index contributed by atoms with van der Waals surface area (Å²) in [6.45, 7) is 2.36. The second kappa shape index (κ2) is 6.49. The number of halogens is 1. The van der Waals surface area contributed by atoms with E-state index in [1.54, 1.807) is 46.2 Å². The highest BCUT2D eigenvalue weighted by Gasteiger charge is 2.33. The average Bonchev–Trinajstić information content (AvgIpc) is 2.57. The molecule has 0 saturated carbocycles. The molecule has 2 amide bonds. The quantitative estimate of drug-likeness (QED) is 0.905. The summed E-state index contributed by atoms with van der Waals surface area (Å²) in [5, 5.41) is 0.615. The molecule has 2 aromatic rings. The molecule has 1 saturated heterocycles. The zero-order valence-electron chi connectivity index (χ0n) is 13.1. The number of aromatic nitrogens is 1. The molecule has 1 atom stereocenters. The number of pyridine rings is 1. The summed E-state index contributed by atoms with van der Waals surface area (Å²) >= 11 is 5.89. The van der Waals surface area contributed by atoms with Gasteiger partial charge in [0.1, 0.15) is 12.4 Å². The van der Waals surface area contributed by atoms with Crippen LogP contribution in [0.15, 0.2) is 42.6 Å². The van der Waals surface area contributed by atoms with Crippen LogP contribution in [0.4, 0.5) is 11.5 Å². The van der Waals surface area contributed by atoms with E-state index in [4.69, 9.17) is 17.3 Å². The monoisotopic (exact) mass is 344 g/mol. The molecular formula is C17H17ClN4O2. The first kappa shape index (κ1) is 16.3. The number of benzene rings is 1. The molecule has 1 aliphatic rings. The van der Waals surface area contributed by atoms with Crippen LogP contribution in [0.2, 0.25) is 5.02 Å². The first-order valence-electron chi connectivity index (χ1n) is 7.54. The minimum absolute atomic E-state index is 0.0208. The van der Waals surface area contributed by atoms with Crippen molar-refractivity contribution in [1.29, 1.82) is 0 Å². The van der Waals surface area contributed by atoms with Gasteiger partial charge in [0, 0.05) is 29.5 Å². The number of carbonyl (C=O) groups excluding carboxylic acids is 2. The number of nitrogens with zero attached hydrogens (tertiary/aromatic N) is 3. The van der Waals surface area contributed by atoms with Gasteiger partial charge in [-0.05, 0) is 43.3 Å². The molecule has 0 unspecified atom stereocenters. The van der Waals surface area contributed by atoms with E-state index in [0.717, 1.165) is 5.69 Å². The molecular weight excluding hydrogens is 328 g/mol. The Labute approximate surface area is 144 Å². The summed E-state index contributed by atoms with van der Waals surface area (Å²) in [4.78, 5) is 32.3. The van der Waals surface area contributed by atoms with E-state index in [1.165, 1.54) is 6.20 Å². The summed E-state index contributed by atoms with van der Waals surface area (Å²) in [6.07, 6.45) is 1.43. The van der Waals surface area contributed by atoms with Crippen molar-refractivity contribution in [3.05, 3.63) is 53.2 Å². The number of hydrogen-bond acceptors (Lipinski definition) is 4. The standard InChI is InChI=1S/C17H17ClN4O2/c1-11-9-22(14-5-3-13(18)4-6-14)16(23)10-21(11)17(24)12-2-7-15(19)20-8-12/h2-8,11H,9-10H2,1H3,(H2,19,20)/t11-/m1/s1. The highest BCUT2D eigenvalue weighted by molar-refractivity contribution is 6.30. The van der Waals surface area contributed by atoms with Gasteiger partial charge in [-0.1, -0.05) is 11.6 Å². The number of rotatable bonds is 2. The van der Waals surface area contributed by atoms with Crippen LogP contribution in [0.25, 0.3) is 0 Å². The van der Waals surface area contributed by atoms with Crippen LogP contribution in [0.3, 0.4) is 0 Å². The van der Waals surface area contributed by atoms with E-state index in [0.29, 0.717) is 22.9 Å². The fraction of sp³-hybridized carbons (Fsp3) is 0.235. The van der Waals surface area contributed by atoms with Crippen molar-refractivity contribution in [1.82, 2.24) is 9.88 Å². The number of piperazine rings is 1. The predicted octanol–water partition coefficient (Wildman–Crippen LogP) is 2.19. The highest BCUT2D eigenvalue weighted by Crippen LogP contribution is 2.23. The topological polar surface area (TPSA) is 79.5 Å². The summed E-state index contributed by atoms with van der Waals surface area (Å²) in [5.41, 5.74) is 6.74. The Hall–Kier alpha value is -2.60. The summed E-state index contributed by atoms with van der Waals surface area (Å²) in [6, 6.07) is 10.2. The Bertz CT molecular complexity index is 761. The Balaban J connectivity index is 1.77. The molecule has 0 radical (unpaired) electrons. The van der Waals surface area contributed by atoms with Crippen LogP contribution in [0.1, 0.15) is 17.3 Å². The third-order valence-electron chi connectivity index (χ3n) is 4.02. The van der Waals surface area contributed by atoms with Crippen molar-refractivity contribution in [2.45, 2.75) is 13.0 Å². The van der Waals surface area contributed by atoms with Gasteiger partial charge in [-0.3, -0.25) is 9.59 Å². The van der Waals surface area contributed by atoms with Gasteiger partial charge in [-0.2, -0.15) is 0 Å². The van der Waals surface area contributed by atoms with Crippen molar-refractivity contribution < 1.29 is 9.59 Å². The van der Waals surface area contributed by atoms with E-state index >= 15 is 0 Å². The van der Waals surface area contributed by atoms with Gasteiger partial charge in [-0.15, -0.1) is 0 Å². The Morgan fingerprint density at radius 2 is 1.96 bits per heavy atom. The lowest BCUT2D eigenvalue weighted by Gasteiger charge is -2.39. The van der Waals surface area contributed by atoms with E-state index in [1.807, 2.05) is 6.92 Å². The molecule has 0 aliphatic carbocycles. The molecule has 1 aromatic carbocycles. The van der Waals surface area contributed by atoms with E-state index < -0.39 is 0 Å². The SMILES string of the molecule is C[C@@H]1CN(c2ccc(Cl)cc2)C(=O)CN1C(=O)c1ccc(N)nc1. The summed E-state index contributed by atoms with van der Waals surface area (Å²) in [5.74, 6) is -0.00508. The first-order valence-corrected chi connectivity index (χ1v) is 7.92. The van der Waals surface area contributed by atoms with E-state index in [-0.39, 0.29) is 24.4 Å². The molecule has 3 rings (SSSR count).